The molecule has 2 aromatic carbocycles. The Morgan fingerprint density at radius 1 is 1.24 bits per heavy atom. The van der Waals surface area contributed by atoms with Crippen molar-refractivity contribution in [3.63, 3.8) is 0 Å². The second kappa shape index (κ2) is 6.24. The van der Waals surface area contributed by atoms with E-state index in [0.717, 1.165) is 0 Å². The highest BCUT2D eigenvalue weighted by atomic mass is 79.9. The van der Waals surface area contributed by atoms with E-state index in [1.54, 1.807) is 25.3 Å². The molecule has 0 heterocycles. The highest BCUT2D eigenvalue weighted by Crippen LogP contribution is 2.34. The monoisotopic (exact) mass is 348 g/mol. The maximum atomic E-state index is 10.7. The maximum Gasteiger partial charge on any atom is 0.271 e. The molecule has 0 aromatic heterocycles. The van der Waals surface area contributed by atoms with Crippen molar-refractivity contribution in [2.45, 2.75) is 0 Å². The average Bonchev–Trinajstić information content (AvgIpc) is 2.49. The number of hydrogen-bond acceptors (Lipinski definition) is 5. The highest BCUT2D eigenvalue weighted by Gasteiger charge is 2.13. The van der Waals surface area contributed by atoms with Gasteiger partial charge >= 0.3 is 0 Å². The molecule has 0 N–H and O–H groups in total. The maximum absolute atomic E-state index is 10.7. The fourth-order valence-electron chi connectivity index (χ4n) is 1.62. The van der Waals surface area contributed by atoms with E-state index in [-0.39, 0.29) is 17.0 Å². The van der Waals surface area contributed by atoms with Crippen molar-refractivity contribution in [1.29, 1.82) is 5.26 Å². The van der Waals surface area contributed by atoms with Crippen LogP contribution >= 0.6 is 15.9 Å². The molecule has 0 amide bonds. The fourth-order valence-corrected chi connectivity index (χ4v) is 2.06. The molecule has 2 rings (SSSR count). The Hall–Kier alpha value is -2.59. The molecule has 0 unspecified atom stereocenters. The summed E-state index contributed by atoms with van der Waals surface area (Å²) in [7, 11) is 1.55. The molecular formula is C14H9BrN2O4. The normalized spacial score (nSPS) is 9.76. The number of nitrogens with zero attached hydrogens (tertiary/aromatic N) is 2. The van der Waals surface area contributed by atoms with Gasteiger partial charge < -0.3 is 9.47 Å². The van der Waals surface area contributed by atoms with Crippen LogP contribution in [0, 0.1) is 21.4 Å². The molecule has 0 fully saturated rings. The van der Waals surface area contributed by atoms with Gasteiger partial charge in [-0.3, -0.25) is 10.1 Å². The summed E-state index contributed by atoms with van der Waals surface area (Å²) < 4.78 is 11.3. The summed E-state index contributed by atoms with van der Waals surface area (Å²) in [5, 5.41) is 19.8. The predicted molar refractivity (Wildman–Crippen MR) is 78.6 cm³/mol. The van der Waals surface area contributed by atoms with Gasteiger partial charge in [-0.05, 0) is 40.2 Å². The van der Waals surface area contributed by atoms with Gasteiger partial charge in [0.15, 0.2) is 0 Å². The smallest absolute Gasteiger partial charge is 0.271 e. The number of nitro benzene ring substituents is 1. The Balaban J connectivity index is 2.36. The van der Waals surface area contributed by atoms with E-state index < -0.39 is 4.92 Å². The summed E-state index contributed by atoms with van der Waals surface area (Å²) in [6, 6.07) is 10.8. The second-order valence-electron chi connectivity index (χ2n) is 3.95. The van der Waals surface area contributed by atoms with E-state index in [2.05, 4.69) is 15.9 Å². The first-order valence-corrected chi connectivity index (χ1v) is 6.54. The van der Waals surface area contributed by atoms with Crippen molar-refractivity contribution in [2.75, 3.05) is 7.11 Å². The van der Waals surface area contributed by atoms with Gasteiger partial charge in [-0.15, -0.1) is 0 Å². The topological polar surface area (TPSA) is 85.4 Å². The molecule has 0 saturated carbocycles. The zero-order valence-corrected chi connectivity index (χ0v) is 12.5. The number of methoxy groups -OCH3 is 1. The van der Waals surface area contributed by atoms with E-state index in [1.807, 2.05) is 6.07 Å². The minimum atomic E-state index is -0.562. The van der Waals surface area contributed by atoms with Gasteiger partial charge in [0.05, 0.1) is 16.5 Å². The average molecular weight is 349 g/mol. The molecule has 0 aliphatic carbocycles. The van der Waals surface area contributed by atoms with Crippen LogP contribution in [-0.2, 0) is 0 Å². The minimum Gasteiger partial charge on any atom is -0.497 e. The van der Waals surface area contributed by atoms with Crippen LogP contribution in [0.1, 0.15) is 5.56 Å². The number of rotatable bonds is 4. The lowest BCUT2D eigenvalue weighted by atomic mass is 10.2. The third kappa shape index (κ3) is 3.30. The van der Waals surface area contributed by atoms with Crippen molar-refractivity contribution in [1.82, 2.24) is 0 Å². The third-order valence-electron chi connectivity index (χ3n) is 2.65. The number of halogens is 1. The Morgan fingerprint density at radius 2 is 1.95 bits per heavy atom. The van der Waals surface area contributed by atoms with Crippen molar-refractivity contribution in [2.24, 2.45) is 0 Å². The quantitative estimate of drug-likeness (QED) is 0.614. The molecule has 0 bridgehead atoms. The lowest BCUT2D eigenvalue weighted by molar-refractivity contribution is -0.384. The zero-order valence-electron chi connectivity index (χ0n) is 10.9. The molecule has 0 aliphatic rings. The summed E-state index contributed by atoms with van der Waals surface area (Å²) in [5.74, 6) is 1.37. The number of nitro groups is 1. The molecule has 0 saturated heterocycles. The Labute approximate surface area is 128 Å². The van der Waals surface area contributed by atoms with Crippen LogP contribution in [0.5, 0.6) is 17.2 Å². The largest absolute Gasteiger partial charge is 0.497 e. The SMILES string of the molecule is COc1ccc(Oc2ccc([N+](=O)[O-])cc2C#N)c(Br)c1. The summed E-state index contributed by atoms with van der Waals surface area (Å²) in [4.78, 5) is 10.1. The second-order valence-corrected chi connectivity index (χ2v) is 4.80. The number of ether oxygens (including phenoxy) is 2. The van der Waals surface area contributed by atoms with E-state index in [9.17, 15) is 10.1 Å². The molecule has 0 atom stereocenters. The van der Waals surface area contributed by atoms with Crippen molar-refractivity contribution in [3.05, 3.63) is 56.5 Å². The fraction of sp³-hybridized carbons (Fsp3) is 0.0714. The van der Waals surface area contributed by atoms with Crippen molar-refractivity contribution >= 4 is 21.6 Å². The zero-order chi connectivity index (χ0) is 15.4. The van der Waals surface area contributed by atoms with Gasteiger partial charge in [0.1, 0.15) is 28.9 Å². The van der Waals surface area contributed by atoms with Crippen LogP contribution in [0.2, 0.25) is 0 Å². The van der Waals surface area contributed by atoms with Crippen molar-refractivity contribution < 1.29 is 14.4 Å². The molecule has 21 heavy (non-hydrogen) atoms. The molecule has 0 spiro atoms. The van der Waals surface area contributed by atoms with Crippen LogP contribution in [-0.4, -0.2) is 12.0 Å². The predicted octanol–water partition coefficient (Wildman–Crippen LogP) is 4.03. The van der Waals surface area contributed by atoms with E-state index in [0.29, 0.717) is 16.0 Å². The van der Waals surface area contributed by atoms with Gasteiger partial charge in [0, 0.05) is 12.1 Å². The van der Waals surface area contributed by atoms with Crippen LogP contribution in [0.3, 0.4) is 0 Å². The lowest BCUT2D eigenvalue weighted by Crippen LogP contribution is -1.93. The molecule has 106 valence electrons. The van der Waals surface area contributed by atoms with Crippen LogP contribution in [0.25, 0.3) is 0 Å². The lowest BCUT2D eigenvalue weighted by Gasteiger charge is -2.10. The number of benzene rings is 2. The Bertz CT molecular complexity index is 740. The molecule has 0 radical (unpaired) electrons. The summed E-state index contributed by atoms with van der Waals surface area (Å²) in [5.41, 5.74) is -0.0698. The molecule has 2 aromatic rings. The van der Waals surface area contributed by atoms with Gasteiger partial charge in [-0.25, -0.2) is 0 Å². The molecule has 0 aliphatic heterocycles. The highest BCUT2D eigenvalue weighted by molar-refractivity contribution is 9.10. The van der Waals surface area contributed by atoms with Gasteiger partial charge in [0.25, 0.3) is 5.69 Å². The first-order chi connectivity index (χ1) is 10.0. The number of hydrogen-bond donors (Lipinski definition) is 0. The van der Waals surface area contributed by atoms with E-state index in [1.165, 1.54) is 18.2 Å². The van der Waals surface area contributed by atoms with Crippen LogP contribution in [0.4, 0.5) is 5.69 Å². The van der Waals surface area contributed by atoms with Crippen LogP contribution < -0.4 is 9.47 Å². The van der Waals surface area contributed by atoms with Crippen LogP contribution in [0.15, 0.2) is 40.9 Å². The molecular weight excluding hydrogens is 340 g/mol. The van der Waals surface area contributed by atoms with E-state index >= 15 is 0 Å². The minimum absolute atomic E-state index is 0.0897. The number of nitriles is 1. The third-order valence-corrected chi connectivity index (χ3v) is 3.27. The van der Waals surface area contributed by atoms with Gasteiger partial charge in [0.2, 0.25) is 0 Å². The summed E-state index contributed by atoms with van der Waals surface area (Å²) in [6.07, 6.45) is 0. The van der Waals surface area contributed by atoms with Gasteiger partial charge in [-0.1, -0.05) is 0 Å². The number of non-ortho nitro benzene ring substituents is 1. The Morgan fingerprint density at radius 3 is 2.52 bits per heavy atom. The van der Waals surface area contributed by atoms with Crippen molar-refractivity contribution in [3.8, 4) is 23.3 Å². The standard InChI is InChI=1S/C14H9BrN2O4/c1-20-11-3-5-14(12(15)7-11)21-13-4-2-10(17(18)19)6-9(13)8-16/h2-7H,1H3. The summed E-state index contributed by atoms with van der Waals surface area (Å²) >= 11 is 3.33. The Kier molecular flexibility index (Phi) is 4.40. The van der Waals surface area contributed by atoms with Gasteiger partial charge in [-0.2, -0.15) is 5.26 Å². The first kappa shape index (κ1) is 14.8. The molecule has 7 heteroatoms. The van der Waals surface area contributed by atoms with E-state index in [4.69, 9.17) is 14.7 Å². The molecule has 6 nitrogen and oxygen atoms in total. The first-order valence-electron chi connectivity index (χ1n) is 5.75. The summed E-state index contributed by atoms with van der Waals surface area (Å²) in [6.45, 7) is 0.